The van der Waals surface area contributed by atoms with Crippen LogP contribution in [0.3, 0.4) is 0 Å². The van der Waals surface area contributed by atoms with E-state index < -0.39 is 0 Å². The van der Waals surface area contributed by atoms with E-state index in [0.717, 1.165) is 69.4 Å². The average molecular weight is 663 g/mol. The summed E-state index contributed by atoms with van der Waals surface area (Å²) in [6, 6.07) is 4.35. The predicted molar refractivity (Wildman–Crippen MR) is 167 cm³/mol. The molecule has 0 N–H and O–H groups in total. The Morgan fingerprint density at radius 3 is 1.28 bits per heavy atom. The van der Waals surface area contributed by atoms with Crippen molar-refractivity contribution in [2.45, 2.75) is 91.9 Å². The molecule has 2 heterocycles. The van der Waals surface area contributed by atoms with Gasteiger partial charge >= 0.3 is 0 Å². The molecule has 2 rings (SSSR count). The Morgan fingerprint density at radius 1 is 0.639 bits per heavy atom. The van der Waals surface area contributed by atoms with Crippen molar-refractivity contribution in [1.29, 1.82) is 0 Å². The van der Waals surface area contributed by atoms with Gasteiger partial charge in [0, 0.05) is 13.1 Å². The Labute approximate surface area is 245 Å². The lowest BCUT2D eigenvalue weighted by molar-refractivity contribution is 0.104. The molecule has 0 aliphatic heterocycles. The molecule has 0 spiro atoms. The van der Waals surface area contributed by atoms with E-state index in [0.29, 0.717) is 0 Å². The lowest BCUT2D eigenvalue weighted by Crippen LogP contribution is -2.28. The second-order valence-corrected chi connectivity index (χ2v) is 14.6. The number of ketones is 1. The second kappa shape index (κ2) is 18.3. The number of hydrogen-bond donors (Lipinski definition) is 0. The molecular weight excluding hydrogens is 616 g/mol. The molecule has 36 heavy (non-hydrogen) atoms. The van der Waals surface area contributed by atoms with E-state index in [9.17, 15) is 4.79 Å². The zero-order chi connectivity index (χ0) is 26.3. The van der Waals surface area contributed by atoms with E-state index >= 15 is 0 Å². The third kappa shape index (κ3) is 11.0. The Balaban J connectivity index is 2.14. The number of carbonyl (C=O) groups excluding carboxylic acids is 1. The molecule has 0 saturated carbocycles. The molecule has 0 aliphatic carbocycles. The quantitative estimate of drug-likeness (QED) is 0.132. The summed E-state index contributed by atoms with van der Waals surface area (Å²) in [7, 11) is 0. The maximum Gasteiger partial charge on any atom is 0.213 e. The van der Waals surface area contributed by atoms with Crippen molar-refractivity contribution in [3.63, 3.8) is 0 Å². The Kier molecular flexibility index (Phi) is 16.3. The van der Waals surface area contributed by atoms with Crippen LogP contribution in [0.25, 0.3) is 0 Å². The summed E-state index contributed by atoms with van der Waals surface area (Å²) in [4.78, 5) is 20.8. The van der Waals surface area contributed by atoms with E-state index in [1.165, 1.54) is 62.5 Å². The number of rotatable bonds is 20. The van der Waals surface area contributed by atoms with Gasteiger partial charge in [-0.05, 0) is 120 Å². The molecule has 0 bridgehead atoms. The van der Waals surface area contributed by atoms with Gasteiger partial charge in [0.05, 0.1) is 17.3 Å². The molecular formula is C29H46Br2N2OS2. The van der Waals surface area contributed by atoms with E-state index in [2.05, 4.69) is 81.5 Å². The van der Waals surface area contributed by atoms with Crippen molar-refractivity contribution in [1.82, 2.24) is 9.80 Å². The van der Waals surface area contributed by atoms with E-state index in [1.54, 1.807) is 22.7 Å². The maximum absolute atomic E-state index is 13.8. The Hall–Kier alpha value is -0.0500. The SMILES string of the molecule is CCCCN(CCCC)CCc1cc(Br)sc1C(=O)c1sc(Br)cc1CCN(CCCC)CCCC. The van der Waals surface area contributed by atoms with Crippen LogP contribution in [-0.2, 0) is 12.8 Å². The van der Waals surface area contributed by atoms with Crippen LogP contribution in [0.2, 0.25) is 0 Å². The van der Waals surface area contributed by atoms with Gasteiger partial charge in [-0.2, -0.15) is 0 Å². The van der Waals surface area contributed by atoms with Gasteiger partial charge in [-0.25, -0.2) is 0 Å². The number of nitrogens with zero attached hydrogens (tertiary/aromatic N) is 2. The van der Waals surface area contributed by atoms with Crippen LogP contribution >= 0.6 is 54.5 Å². The van der Waals surface area contributed by atoms with Gasteiger partial charge < -0.3 is 9.80 Å². The predicted octanol–water partition coefficient (Wildman–Crippen LogP) is 9.46. The van der Waals surface area contributed by atoms with Crippen LogP contribution in [0, 0.1) is 0 Å². The number of unbranched alkanes of at least 4 members (excludes halogenated alkanes) is 4. The van der Waals surface area contributed by atoms with Gasteiger partial charge in [-0.15, -0.1) is 22.7 Å². The molecule has 0 radical (unpaired) electrons. The Morgan fingerprint density at radius 2 is 0.972 bits per heavy atom. The first-order valence-electron chi connectivity index (χ1n) is 14.0. The molecule has 0 aliphatic rings. The summed E-state index contributed by atoms with van der Waals surface area (Å²) in [6.45, 7) is 15.7. The molecule has 0 unspecified atom stereocenters. The highest BCUT2D eigenvalue weighted by molar-refractivity contribution is 9.11. The fourth-order valence-corrected chi connectivity index (χ4v) is 7.76. The summed E-state index contributed by atoms with van der Waals surface area (Å²) in [5.41, 5.74) is 2.38. The van der Waals surface area contributed by atoms with Gasteiger partial charge in [-0.1, -0.05) is 53.4 Å². The fourth-order valence-electron chi connectivity index (χ4n) is 4.40. The van der Waals surface area contributed by atoms with Gasteiger partial charge in [0.2, 0.25) is 5.78 Å². The molecule has 0 amide bonds. The lowest BCUT2D eigenvalue weighted by atomic mass is 10.1. The van der Waals surface area contributed by atoms with Crippen LogP contribution in [0.1, 0.15) is 105 Å². The highest BCUT2D eigenvalue weighted by Gasteiger charge is 2.23. The minimum atomic E-state index is 0.203. The molecule has 3 nitrogen and oxygen atoms in total. The molecule has 2 aromatic heterocycles. The van der Waals surface area contributed by atoms with Crippen LogP contribution in [0.5, 0.6) is 0 Å². The largest absolute Gasteiger partial charge is 0.303 e. The van der Waals surface area contributed by atoms with E-state index in [1.807, 2.05) is 0 Å². The van der Waals surface area contributed by atoms with Crippen molar-refractivity contribution in [3.05, 3.63) is 40.6 Å². The first kappa shape index (κ1) is 32.2. The van der Waals surface area contributed by atoms with Crippen molar-refractivity contribution < 1.29 is 4.79 Å². The van der Waals surface area contributed by atoms with E-state index in [-0.39, 0.29) is 5.78 Å². The lowest BCUT2D eigenvalue weighted by Gasteiger charge is -2.22. The van der Waals surface area contributed by atoms with Gasteiger partial charge in [0.15, 0.2) is 0 Å². The van der Waals surface area contributed by atoms with Crippen molar-refractivity contribution in [3.8, 4) is 0 Å². The van der Waals surface area contributed by atoms with Gasteiger partial charge in [0.25, 0.3) is 0 Å². The van der Waals surface area contributed by atoms with Gasteiger partial charge in [-0.3, -0.25) is 4.79 Å². The minimum Gasteiger partial charge on any atom is -0.303 e. The van der Waals surface area contributed by atoms with Crippen LogP contribution in [-0.4, -0.2) is 54.9 Å². The second-order valence-electron chi connectivity index (χ2n) is 9.74. The first-order valence-corrected chi connectivity index (χ1v) is 17.2. The maximum atomic E-state index is 13.8. The average Bonchev–Trinajstić information content (AvgIpc) is 3.44. The number of hydrogen-bond acceptors (Lipinski definition) is 5. The summed E-state index contributed by atoms with van der Waals surface area (Å²) >= 11 is 10.6. The zero-order valence-corrected chi connectivity index (χ0v) is 27.6. The monoisotopic (exact) mass is 660 g/mol. The van der Waals surface area contributed by atoms with Crippen LogP contribution < -0.4 is 0 Å². The molecule has 7 heteroatoms. The molecule has 0 aromatic carbocycles. The van der Waals surface area contributed by atoms with Crippen molar-refractivity contribution in [2.24, 2.45) is 0 Å². The standard InChI is InChI=1S/C29H46Br2N2OS2/c1-5-9-15-32(16-10-6-2)19-13-23-21-25(30)35-28(23)27(34)29-24(22-26(31)36-29)14-20-33(17-11-7-3)18-12-8-4/h21-22H,5-20H2,1-4H3. The summed E-state index contributed by atoms with van der Waals surface area (Å²) in [5.74, 6) is 0.203. The van der Waals surface area contributed by atoms with Crippen LogP contribution in [0.4, 0.5) is 0 Å². The van der Waals surface area contributed by atoms with Gasteiger partial charge in [0.1, 0.15) is 0 Å². The normalized spacial score (nSPS) is 11.8. The number of halogens is 2. The molecule has 0 atom stereocenters. The molecule has 0 saturated heterocycles. The number of thiophene rings is 2. The first-order chi connectivity index (χ1) is 17.4. The van der Waals surface area contributed by atoms with E-state index in [4.69, 9.17) is 0 Å². The summed E-state index contributed by atoms with van der Waals surface area (Å²) < 4.78 is 2.11. The zero-order valence-electron chi connectivity index (χ0n) is 22.8. The van der Waals surface area contributed by atoms with Crippen molar-refractivity contribution in [2.75, 3.05) is 39.3 Å². The van der Waals surface area contributed by atoms with Crippen LogP contribution in [0.15, 0.2) is 19.7 Å². The molecule has 0 fully saturated rings. The third-order valence-electron chi connectivity index (χ3n) is 6.68. The smallest absolute Gasteiger partial charge is 0.213 e. The van der Waals surface area contributed by atoms with Crippen molar-refractivity contribution >= 4 is 60.3 Å². The minimum absolute atomic E-state index is 0.203. The molecule has 204 valence electrons. The fraction of sp³-hybridized carbons (Fsp3) is 0.690. The Bertz CT molecular complexity index is 810. The molecule has 2 aromatic rings. The number of carbonyl (C=O) groups is 1. The highest BCUT2D eigenvalue weighted by Crippen LogP contribution is 2.35. The topological polar surface area (TPSA) is 23.6 Å². The summed E-state index contributed by atoms with van der Waals surface area (Å²) in [6.07, 6.45) is 11.7. The third-order valence-corrected chi connectivity index (χ3v) is 10.0. The highest BCUT2D eigenvalue weighted by atomic mass is 79.9. The summed E-state index contributed by atoms with van der Waals surface area (Å²) in [5, 5.41) is 0.